The first kappa shape index (κ1) is 37.2. The molecule has 7 rings (SSSR count). The van der Waals surface area contributed by atoms with E-state index in [4.69, 9.17) is 24.3 Å². The maximum atomic E-state index is 15.9. The Morgan fingerprint density at radius 2 is 1.52 bits per heavy atom. The van der Waals surface area contributed by atoms with Gasteiger partial charge in [-0.25, -0.2) is 9.18 Å². The van der Waals surface area contributed by atoms with Gasteiger partial charge in [0.05, 0.1) is 16.8 Å². The molecule has 0 bridgehead atoms. The van der Waals surface area contributed by atoms with Crippen molar-refractivity contribution >= 4 is 22.7 Å². The summed E-state index contributed by atoms with van der Waals surface area (Å²) in [6.07, 6.45) is 0.714. The number of hydrogen-bond donors (Lipinski definition) is 0. The molecule has 54 heavy (non-hydrogen) atoms. The van der Waals surface area contributed by atoms with Crippen LogP contribution in [0.25, 0.3) is 22.2 Å². The van der Waals surface area contributed by atoms with Crippen molar-refractivity contribution in [3.63, 3.8) is 0 Å². The molecule has 11 heteroatoms. The van der Waals surface area contributed by atoms with Crippen molar-refractivity contribution < 1.29 is 23.4 Å². The molecule has 2 aromatic heterocycles. The van der Waals surface area contributed by atoms with Crippen molar-refractivity contribution in [3.8, 4) is 23.0 Å². The van der Waals surface area contributed by atoms with Crippen molar-refractivity contribution in [3.05, 3.63) is 102 Å². The zero-order valence-corrected chi connectivity index (χ0v) is 32.0. The summed E-state index contributed by atoms with van der Waals surface area (Å²) in [5.41, 5.74) is 4.22. The second-order valence-corrected chi connectivity index (χ2v) is 15.6. The summed E-state index contributed by atoms with van der Waals surface area (Å²) in [5, 5.41) is 5.77. The predicted octanol–water partition coefficient (Wildman–Crippen LogP) is 7.95. The molecular weight excluding hydrogens is 684 g/mol. The van der Waals surface area contributed by atoms with E-state index < -0.39 is 5.60 Å². The van der Waals surface area contributed by atoms with Crippen LogP contribution in [0.4, 0.5) is 14.9 Å². The standard InChI is InChI=1S/C43H51FN6O4/c1-30-26-50(42(51)54-43(2,3)4)21-20-33(30)27-48-22-24-49(25-23-48)40-36(44)18-16-34-38(46-47(5)39(34)40)35-17-19-37(52-28-31-12-8-6-9-13-31)45-41(35)53-29-32-14-10-7-11-15-32/h6-19,30,33H,20-29H2,1-5H3. The number of rotatable bonds is 10. The number of piperazine rings is 1. The molecule has 2 aliphatic heterocycles. The number of aromatic nitrogens is 3. The number of fused-ring (bicyclic) bond motifs is 1. The fraction of sp³-hybridized carbons (Fsp3) is 0.419. The van der Waals surface area contributed by atoms with Crippen molar-refractivity contribution in [1.82, 2.24) is 24.6 Å². The molecule has 4 heterocycles. The lowest BCUT2D eigenvalue weighted by Crippen LogP contribution is -2.51. The van der Waals surface area contributed by atoms with E-state index in [-0.39, 0.29) is 11.9 Å². The molecule has 2 aliphatic rings. The molecule has 3 aromatic carbocycles. The molecule has 10 nitrogen and oxygen atoms in total. The lowest BCUT2D eigenvalue weighted by atomic mass is 9.86. The van der Waals surface area contributed by atoms with Crippen LogP contribution in [0.2, 0.25) is 0 Å². The summed E-state index contributed by atoms with van der Waals surface area (Å²) in [4.78, 5) is 24.0. The van der Waals surface area contributed by atoms with E-state index in [1.54, 1.807) is 16.8 Å². The highest BCUT2D eigenvalue weighted by atomic mass is 19.1. The van der Waals surface area contributed by atoms with Crippen molar-refractivity contribution in [2.24, 2.45) is 18.9 Å². The molecule has 2 unspecified atom stereocenters. The zero-order chi connectivity index (χ0) is 37.8. The summed E-state index contributed by atoms with van der Waals surface area (Å²) in [6, 6.07) is 27.0. The minimum absolute atomic E-state index is 0.229. The summed E-state index contributed by atoms with van der Waals surface area (Å²) in [5.74, 6) is 1.42. The highest BCUT2D eigenvalue weighted by Crippen LogP contribution is 2.40. The molecule has 0 saturated carbocycles. The van der Waals surface area contributed by atoms with E-state index in [1.165, 1.54) is 0 Å². The summed E-state index contributed by atoms with van der Waals surface area (Å²) < 4.78 is 35.7. The van der Waals surface area contributed by atoms with E-state index >= 15 is 4.39 Å². The molecule has 2 fully saturated rings. The Balaban J connectivity index is 1.08. The number of halogens is 1. The first-order valence-electron chi connectivity index (χ1n) is 19.0. The molecular formula is C43H51FN6O4. The number of piperidine rings is 1. The third kappa shape index (κ3) is 8.62. The third-order valence-electron chi connectivity index (χ3n) is 10.4. The fourth-order valence-corrected chi connectivity index (χ4v) is 7.52. The number of amides is 1. The number of hydrogen-bond acceptors (Lipinski definition) is 8. The number of carbonyl (C=O) groups excluding carboxylic acids is 1. The molecule has 1 amide bonds. The Bertz CT molecular complexity index is 2040. The summed E-state index contributed by atoms with van der Waals surface area (Å²) in [7, 11) is 1.87. The quantitative estimate of drug-likeness (QED) is 0.143. The van der Waals surface area contributed by atoms with Gasteiger partial charge in [-0.1, -0.05) is 67.6 Å². The largest absolute Gasteiger partial charge is 0.473 e. The van der Waals surface area contributed by atoms with Crippen LogP contribution in [0.5, 0.6) is 11.8 Å². The van der Waals surface area contributed by atoms with Gasteiger partial charge in [-0.3, -0.25) is 9.58 Å². The Morgan fingerprint density at radius 3 is 2.17 bits per heavy atom. The Kier molecular flexibility index (Phi) is 11.1. The zero-order valence-electron chi connectivity index (χ0n) is 32.0. The normalized spacial score (nSPS) is 18.2. The van der Waals surface area contributed by atoms with Crippen LogP contribution in [-0.2, 0) is 25.0 Å². The molecule has 0 aliphatic carbocycles. The van der Waals surface area contributed by atoms with E-state index in [2.05, 4.69) is 16.7 Å². The van der Waals surface area contributed by atoms with E-state index in [0.29, 0.717) is 79.9 Å². The van der Waals surface area contributed by atoms with Crippen molar-refractivity contribution in [1.29, 1.82) is 0 Å². The lowest BCUT2D eigenvalue weighted by molar-refractivity contribution is 0.00880. The monoisotopic (exact) mass is 734 g/mol. The summed E-state index contributed by atoms with van der Waals surface area (Å²) in [6.45, 7) is 14.0. The highest BCUT2D eigenvalue weighted by Gasteiger charge is 2.33. The molecule has 5 aromatic rings. The smallest absolute Gasteiger partial charge is 0.410 e. The van der Waals surface area contributed by atoms with Gasteiger partial charge in [0.15, 0.2) is 0 Å². The van der Waals surface area contributed by atoms with Gasteiger partial charge < -0.3 is 24.0 Å². The maximum Gasteiger partial charge on any atom is 0.410 e. The Hall–Kier alpha value is -5.16. The van der Waals surface area contributed by atoms with Gasteiger partial charge in [0.2, 0.25) is 11.8 Å². The Labute approximate surface area is 317 Å². The van der Waals surface area contributed by atoms with Crippen LogP contribution in [0.1, 0.15) is 45.2 Å². The van der Waals surface area contributed by atoms with Crippen LogP contribution in [0.3, 0.4) is 0 Å². The molecule has 2 saturated heterocycles. The van der Waals surface area contributed by atoms with Gasteiger partial charge in [0.25, 0.3) is 0 Å². The van der Waals surface area contributed by atoms with Crippen LogP contribution in [0, 0.1) is 17.7 Å². The van der Waals surface area contributed by atoms with Crippen LogP contribution >= 0.6 is 0 Å². The van der Waals surface area contributed by atoms with Crippen molar-refractivity contribution in [2.45, 2.75) is 52.9 Å². The number of nitrogens with zero attached hydrogens (tertiary/aromatic N) is 6. The van der Waals surface area contributed by atoms with Gasteiger partial charge >= 0.3 is 6.09 Å². The van der Waals surface area contributed by atoms with Gasteiger partial charge in [0.1, 0.15) is 30.3 Å². The first-order valence-corrected chi connectivity index (χ1v) is 19.0. The molecule has 284 valence electrons. The minimum atomic E-state index is -0.501. The molecule has 2 atom stereocenters. The minimum Gasteiger partial charge on any atom is -0.473 e. The maximum absolute atomic E-state index is 15.9. The number of likely N-dealkylation sites (tertiary alicyclic amines) is 1. The number of carbonyl (C=O) groups is 1. The SMILES string of the molecule is CC1CN(C(=O)OC(C)(C)C)CCC1CN1CCN(c2c(F)ccc3c(-c4ccc(OCc5ccccc5)nc4OCc4ccccc4)nn(C)c23)CC1. The average Bonchev–Trinajstić information content (AvgIpc) is 3.50. The van der Waals surface area contributed by atoms with E-state index in [9.17, 15) is 4.79 Å². The lowest BCUT2D eigenvalue weighted by Gasteiger charge is -2.42. The fourth-order valence-electron chi connectivity index (χ4n) is 7.52. The Morgan fingerprint density at radius 1 is 0.852 bits per heavy atom. The van der Waals surface area contributed by atoms with E-state index in [1.807, 2.05) is 106 Å². The number of anilines is 1. The number of pyridine rings is 1. The highest BCUT2D eigenvalue weighted by molar-refractivity contribution is 6.01. The number of aryl methyl sites for hydroxylation is 1. The van der Waals surface area contributed by atoms with Crippen LogP contribution in [0.15, 0.2) is 84.9 Å². The average molecular weight is 735 g/mol. The predicted molar refractivity (Wildman–Crippen MR) is 209 cm³/mol. The number of ether oxygens (including phenoxy) is 3. The summed E-state index contributed by atoms with van der Waals surface area (Å²) >= 11 is 0. The second kappa shape index (κ2) is 16.1. The molecule has 0 radical (unpaired) electrons. The molecule has 0 N–H and O–H groups in total. The third-order valence-corrected chi connectivity index (χ3v) is 10.4. The van der Waals surface area contributed by atoms with Crippen LogP contribution in [-0.4, -0.2) is 82.1 Å². The topological polar surface area (TPSA) is 85.2 Å². The van der Waals surface area contributed by atoms with Gasteiger partial charge in [-0.15, -0.1) is 0 Å². The molecule has 0 spiro atoms. The van der Waals surface area contributed by atoms with Gasteiger partial charge in [-0.2, -0.15) is 10.1 Å². The first-order chi connectivity index (χ1) is 26.0. The van der Waals surface area contributed by atoms with Crippen LogP contribution < -0.4 is 14.4 Å². The van der Waals surface area contributed by atoms with E-state index in [0.717, 1.165) is 48.1 Å². The second-order valence-electron chi connectivity index (χ2n) is 15.6. The van der Waals surface area contributed by atoms with Gasteiger partial charge in [-0.05, 0) is 68.4 Å². The van der Waals surface area contributed by atoms with Gasteiger partial charge in [0, 0.05) is 64.3 Å². The van der Waals surface area contributed by atoms with Crippen molar-refractivity contribution in [2.75, 3.05) is 50.7 Å². The number of benzene rings is 3.